The van der Waals surface area contributed by atoms with Gasteiger partial charge in [-0.15, -0.1) is 12.3 Å². The zero-order valence-electron chi connectivity index (χ0n) is 11.4. The smallest absolute Gasteiger partial charge is 0.310 e. The topological polar surface area (TPSA) is 69.4 Å². The highest BCUT2D eigenvalue weighted by molar-refractivity contribution is 5.92. The molecule has 0 heterocycles. The lowest BCUT2D eigenvalue weighted by atomic mass is 10.1. The Balaban J connectivity index is 2.25. The molecule has 0 unspecified atom stereocenters. The van der Waals surface area contributed by atoms with Gasteiger partial charge in [0.15, 0.2) is 0 Å². The van der Waals surface area contributed by atoms with Gasteiger partial charge in [-0.1, -0.05) is 12.1 Å². The van der Waals surface area contributed by atoms with Crippen molar-refractivity contribution in [2.45, 2.75) is 32.1 Å². The van der Waals surface area contributed by atoms with Crippen LogP contribution in [0.1, 0.15) is 41.6 Å². The van der Waals surface area contributed by atoms with E-state index in [2.05, 4.69) is 5.92 Å². The Kier molecular flexibility index (Phi) is 6.91. The van der Waals surface area contributed by atoms with Gasteiger partial charge in [0.2, 0.25) is 5.91 Å². The molecule has 0 radical (unpaired) electrons. The maximum absolute atomic E-state index is 11.6. The summed E-state index contributed by atoms with van der Waals surface area (Å²) >= 11 is 0. The summed E-state index contributed by atoms with van der Waals surface area (Å²) in [4.78, 5) is 22.5. The third-order valence-electron chi connectivity index (χ3n) is 2.82. The Morgan fingerprint density at radius 3 is 2.45 bits per heavy atom. The fraction of sp³-hybridized carbons (Fsp3) is 0.375. The Hall–Kier alpha value is -2.28. The summed E-state index contributed by atoms with van der Waals surface area (Å²) in [6.07, 6.45) is 8.86. The van der Waals surface area contributed by atoms with E-state index < -0.39 is 5.91 Å². The largest absolute Gasteiger partial charge is 0.465 e. The van der Waals surface area contributed by atoms with Gasteiger partial charge in [-0.3, -0.25) is 9.59 Å². The van der Waals surface area contributed by atoms with Gasteiger partial charge in [0.25, 0.3) is 0 Å². The van der Waals surface area contributed by atoms with Crippen molar-refractivity contribution in [3.8, 4) is 12.3 Å². The molecule has 1 aromatic carbocycles. The van der Waals surface area contributed by atoms with E-state index in [4.69, 9.17) is 16.9 Å². The van der Waals surface area contributed by atoms with Crippen LogP contribution < -0.4 is 5.73 Å². The molecule has 0 spiro atoms. The van der Waals surface area contributed by atoms with Crippen molar-refractivity contribution < 1.29 is 14.3 Å². The molecular weight excluding hydrogens is 254 g/mol. The minimum atomic E-state index is -0.480. The van der Waals surface area contributed by atoms with Gasteiger partial charge in [-0.25, -0.2) is 0 Å². The molecule has 0 saturated heterocycles. The van der Waals surface area contributed by atoms with Crippen LogP contribution in [0, 0.1) is 12.3 Å². The van der Waals surface area contributed by atoms with Crippen molar-refractivity contribution >= 4 is 11.9 Å². The summed E-state index contributed by atoms with van der Waals surface area (Å²) in [6.45, 7) is 0.419. The molecule has 1 rings (SSSR count). The highest BCUT2D eigenvalue weighted by Crippen LogP contribution is 2.06. The van der Waals surface area contributed by atoms with Gasteiger partial charge < -0.3 is 10.5 Å². The highest BCUT2D eigenvalue weighted by Gasteiger charge is 2.06. The molecule has 0 aromatic heterocycles. The van der Waals surface area contributed by atoms with E-state index in [-0.39, 0.29) is 12.4 Å². The van der Waals surface area contributed by atoms with Gasteiger partial charge in [0, 0.05) is 12.0 Å². The number of carbonyl (C=O) groups is 2. The van der Waals surface area contributed by atoms with Crippen molar-refractivity contribution in [3.63, 3.8) is 0 Å². The van der Waals surface area contributed by atoms with Crippen molar-refractivity contribution in [2.24, 2.45) is 5.73 Å². The number of hydrogen-bond acceptors (Lipinski definition) is 3. The van der Waals surface area contributed by atoms with E-state index in [0.717, 1.165) is 31.2 Å². The number of carbonyl (C=O) groups excluding carboxylic acids is 2. The quantitative estimate of drug-likeness (QED) is 0.448. The Labute approximate surface area is 119 Å². The number of rotatable bonds is 8. The average molecular weight is 273 g/mol. The number of esters is 1. The van der Waals surface area contributed by atoms with Crippen LogP contribution in [0.3, 0.4) is 0 Å². The van der Waals surface area contributed by atoms with Gasteiger partial charge in [-0.05, 0) is 37.0 Å². The fourth-order valence-electron chi connectivity index (χ4n) is 1.70. The Morgan fingerprint density at radius 1 is 1.15 bits per heavy atom. The zero-order chi connectivity index (χ0) is 14.8. The first-order chi connectivity index (χ1) is 9.63. The van der Waals surface area contributed by atoms with Gasteiger partial charge >= 0.3 is 5.97 Å². The number of hydrogen-bond donors (Lipinski definition) is 1. The maximum atomic E-state index is 11.6. The van der Waals surface area contributed by atoms with Crippen LogP contribution in [0.2, 0.25) is 0 Å². The monoisotopic (exact) mass is 273 g/mol. The Bertz CT molecular complexity index is 485. The molecule has 4 nitrogen and oxygen atoms in total. The molecule has 1 aromatic rings. The summed E-state index contributed by atoms with van der Waals surface area (Å²) < 4.78 is 5.12. The number of ether oxygens (including phenoxy) is 1. The predicted octanol–water partition coefficient (Wildman–Crippen LogP) is 2.06. The van der Waals surface area contributed by atoms with Crippen LogP contribution in [-0.4, -0.2) is 18.5 Å². The second kappa shape index (κ2) is 8.76. The second-order valence-corrected chi connectivity index (χ2v) is 4.47. The predicted molar refractivity (Wildman–Crippen MR) is 76.9 cm³/mol. The molecule has 0 fully saturated rings. The number of benzene rings is 1. The number of terminal acetylenes is 1. The number of nitrogens with two attached hydrogens (primary N) is 1. The normalized spacial score (nSPS) is 9.75. The van der Waals surface area contributed by atoms with Gasteiger partial charge in [0.1, 0.15) is 0 Å². The second-order valence-electron chi connectivity index (χ2n) is 4.47. The lowest BCUT2D eigenvalue weighted by Crippen LogP contribution is -2.12. The van der Waals surface area contributed by atoms with Crippen LogP contribution in [0.25, 0.3) is 0 Å². The average Bonchev–Trinajstić information content (AvgIpc) is 2.43. The molecule has 106 valence electrons. The SMILES string of the molecule is C#CCCCCCOC(=O)Cc1ccc(C(N)=O)cc1. The molecule has 2 N–H and O–H groups in total. The molecule has 4 heteroatoms. The molecular formula is C16H19NO3. The minimum Gasteiger partial charge on any atom is -0.465 e. The molecule has 0 aliphatic carbocycles. The van der Waals surface area contributed by atoms with E-state index in [1.165, 1.54) is 0 Å². The highest BCUT2D eigenvalue weighted by atomic mass is 16.5. The molecule has 0 aliphatic rings. The van der Waals surface area contributed by atoms with Gasteiger partial charge in [0.05, 0.1) is 13.0 Å². The first-order valence-corrected chi connectivity index (χ1v) is 6.61. The van der Waals surface area contributed by atoms with Crippen LogP contribution in [0.15, 0.2) is 24.3 Å². The van der Waals surface area contributed by atoms with Crippen LogP contribution in [0.4, 0.5) is 0 Å². The van der Waals surface area contributed by atoms with Crippen molar-refractivity contribution in [2.75, 3.05) is 6.61 Å². The first kappa shape index (κ1) is 15.8. The summed E-state index contributed by atoms with van der Waals surface area (Å²) in [5, 5.41) is 0. The lowest BCUT2D eigenvalue weighted by molar-refractivity contribution is -0.142. The molecule has 0 aliphatic heterocycles. The van der Waals surface area contributed by atoms with Crippen molar-refractivity contribution in [1.82, 2.24) is 0 Å². The fourth-order valence-corrected chi connectivity index (χ4v) is 1.70. The van der Waals surface area contributed by atoms with Gasteiger partial charge in [-0.2, -0.15) is 0 Å². The lowest BCUT2D eigenvalue weighted by Gasteiger charge is -2.05. The summed E-state index contributed by atoms with van der Waals surface area (Å²) in [5.41, 5.74) is 6.36. The molecule has 20 heavy (non-hydrogen) atoms. The summed E-state index contributed by atoms with van der Waals surface area (Å²) in [5.74, 6) is 1.82. The molecule has 0 saturated carbocycles. The third kappa shape index (κ3) is 6.05. The van der Waals surface area contributed by atoms with Crippen LogP contribution in [0.5, 0.6) is 0 Å². The van der Waals surface area contributed by atoms with E-state index in [1.807, 2.05) is 0 Å². The third-order valence-corrected chi connectivity index (χ3v) is 2.82. The molecule has 0 atom stereocenters. The number of unbranched alkanes of at least 4 members (excludes halogenated alkanes) is 3. The minimum absolute atomic E-state index is 0.198. The Morgan fingerprint density at radius 2 is 1.85 bits per heavy atom. The van der Waals surface area contributed by atoms with Crippen molar-refractivity contribution in [1.29, 1.82) is 0 Å². The standard InChI is InChI=1S/C16H19NO3/c1-2-3-4-5-6-11-20-15(18)12-13-7-9-14(10-8-13)16(17)19/h1,7-10H,3-6,11-12H2,(H2,17,19). The summed E-state index contributed by atoms with van der Waals surface area (Å²) in [7, 11) is 0. The first-order valence-electron chi connectivity index (χ1n) is 6.61. The molecule has 1 amide bonds. The zero-order valence-corrected chi connectivity index (χ0v) is 11.4. The van der Waals surface area contributed by atoms with Crippen LogP contribution in [-0.2, 0) is 16.0 Å². The summed E-state index contributed by atoms with van der Waals surface area (Å²) in [6, 6.07) is 6.61. The van der Waals surface area contributed by atoms with E-state index in [0.29, 0.717) is 12.2 Å². The van der Waals surface area contributed by atoms with E-state index in [1.54, 1.807) is 24.3 Å². The van der Waals surface area contributed by atoms with E-state index in [9.17, 15) is 9.59 Å². The van der Waals surface area contributed by atoms with E-state index >= 15 is 0 Å². The maximum Gasteiger partial charge on any atom is 0.310 e. The number of primary amides is 1. The molecule has 0 bridgehead atoms. The van der Waals surface area contributed by atoms with Crippen LogP contribution >= 0.6 is 0 Å². The van der Waals surface area contributed by atoms with Crippen molar-refractivity contribution in [3.05, 3.63) is 35.4 Å². The number of amides is 1.